The fraction of sp³-hybridized carbons (Fsp3) is 0.240. The first-order valence-corrected chi connectivity index (χ1v) is 10.5. The number of nitrogens with two attached hydrogens (primary N) is 1. The Labute approximate surface area is 180 Å². The molecule has 0 aliphatic carbocycles. The topological polar surface area (TPSA) is 74.2 Å². The Morgan fingerprint density at radius 2 is 1.94 bits per heavy atom. The molecule has 0 fully saturated rings. The van der Waals surface area contributed by atoms with Gasteiger partial charge in [0.2, 0.25) is 0 Å². The van der Waals surface area contributed by atoms with Crippen molar-refractivity contribution < 1.29 is 4.74 Å². The fourth-order valence-corrected chi connectivity index (χ4v) is 4.60. The third kappa shape index (κ3) is 3.44. The van der Waals surface area contributed by atoms with Gasteiger partial charge in [-0.25, -0.2) is 0 Å². The molecule has 6 nitrogen and oxygen atoms in total. The van der Waals surface area contributed by atoms with Crippen LogP contribution in [0.2, 0.25) is 0 Å². The number of aryl methyl sites for hydroxylation is 1. The summed E-state index contributed by atoms with van der Waals surface area (Å²) in [6.07, 6.45) is 2.70. The van der Waals surface area contributed by atoms with Gasteiger partial charge in [0.15, 0.2) is 0 Å². The maximum Gasteiger partial charge on any atom is 0.258 e. The largest absolute Gasteiger partial charge is 0.489 e. The maximum atomic E-state index is 12.8. The van der Waals surface area contributed by atoms with Crippen LogP contribution in [0, 0.1) is 0 Å². The van der Waals surface area contributed by atoms with Crippen molar-refractivity contribution in [3.05, 3.63) is 94.0 Å². The minimum Gasteiger partial charge on any atom is -0.489 e. The molecule has 0 spiro atoms. The fourth-order valence-electron chi connectivity index (χ4n) is 4.60. The van der Waals surface area contributed by atoms with Gasteiger partial charge in [0.05, 0.1) is 16.9 Å². The van der Waals surface area contributed by atoms with Crippen molar-refractivity contribution in [3.8, 4) is 11.4 Å². The summed E-state index contributed by atoms with van der Waals surface area (Å²) >= 11 is 0. The van der Waals surface area contributed by atoms with E-state index in [1.54, 1.807) is 10.8 Å². The number of benzene rings is 2. The zero-order valence-electron chi connectivity index (χ0n) is 17.8. The molecule has 1 atom stereocenters. The van der Waals surface area contributed by atoms with Crippen molar-refractivity contribution in [2.45, 2.75) is 25.6 Å². The monoisotopic (exact) mass is 414 g/mol. The highest BCUT2D eigenvalue weighted by atomic mass is 16.5. The highest BCUT2D eigenvalue weighted by molar-refractivity contribution is 5.88. The van der Waals surface area contributed by atoms with Crippen LogP contribution in [0.25, 0.3) is 16.6 Å². The average molecular weight is 415 g/mol. The van der Waals surface area contributed by atoms with Crippen molar-refractivity contribution >= 4 is 10.9 Å². The third-order valence-corrected chi connectivity index (χ3v) is 6.07. The van der Waals surface area contributed by atoms with E-state index in [1.807, 2.05) is 56.4 Å². The maximum absolute atomic E-state index is 12.8. The molecule has 5 rings (SSSR count). The van der Waals surface area contributed by atoms with E-state index in [-0.39, 0.29) is 5.56 Å². The van der Waals surface area contributed by atoms with Crippen LogP contribution in [-0.2, 0) is 25.7 Å². The lowest BCUT2D eigenvalue weighted by Gasteiger charge is -2.32. The van der Waals surface area contributed by atoms with Gasteiger partial charge < -0.3 is 15.0 Å². The van der Waals surface area contributed by atoms with E-state index < -0.39 is 5.66 Å². The number of rotatable bonds is 4. The van der Waals surface area contributed by atoms with Crippen LogP contribution in [0.5, 0.6) is 5.75 Å². The number of hydrogen-bond acceptors (Lipinski definition) is 4. The summed E-state index contributed by atoms with van der Waals surface area (Å²) in [4.78, 5) is 12.8. The first-order valence-electron chi connectivity index (χ1n) is 10.5. The van der Waals surface area contributed by atoms with Gasteiger partial charge in [0.1, 0.15) is 18.0 Å². The van der Waals surface area contributed by atoms with Crippen molar-refractivity contribution in [2.24, 2.45) is 12.8 Å². The molecule has 3 N–H and O–H groups in total. The highest BCUT2D eigenvalue weighted by Crippen LogP contribution is 2.34. The predicted octanol–water partition coefficient (Wildman–Crippen LogP) is 3.19. The molecule has 1 aliphatic heterocycles. The highest BCUT2D eigenvalue weighted by Gasteiger charge is 2.32. The molecule has 3 heterocycles. The van der Waals surface area contributed by atoms with E-state index >= 15 is 0 Å². The number of ether oxygens (including phenoxy) is 1. The van der Waals surface area contributed by atoms with Gasteiger partial charge in [-0.1, -0.05) is 36.4 Å². The second-order valence-electron chi connectivity index (χ2n) is 8.31. The Morgan fingerprint density at radius 1 is 1.13 bits per heavy atom. The zero-order chi connectivity index (χ0) is 21.6. The lowest BCUT2D eigenvalue weighted by Crippen LogP contribution is -2.52. The molecule has 2 aromatic heterocycles. The average Bonchev–Trinajstić information content (AvgIpc) is 3.06. The van der Waals surface area contributed by atoms with Crippen LogP contribution in [-0.4, -0.2) is 15.7 Å². The lowest BCUT2D eigenvalue weighted by atomic mass is 9.96. The second-order valence-corrected chi connectivity index (χ2v) is 8.31. The van der Waals surface area contributed by atoms with Gasteiger partial charge in [-0.2, -0.15) is 0 Å². The predicted molar refractivity (Wildman–Crippen MR) is 123 cm³/mol. The van der Waals surface area contributed by atoms with Crippen LogP contribution < -0.4 is 21.3 Å². The molecular weight excluding hydrogens is 388 g/mol. The van der Waals surface area contributed by atoms with Crippen LogP contribution in [0.15, 0.2) is 71.7 Å². The normalized spacial score (nSPS) is 18.2. The van der Waals surface area contributed by atoms with E-state index in [0.717, 1.165) is 35.4 Å². The van der Waals surface area contributed by atoms with Crippen LogP contribution >= 0.6 is 0 Å². The Hall–Kier alpha value is -3.35. The molecule has 6 heteroatoms. The summed E-state index contributed by atoms with van der Waals surface area (Å²) in [5.41, 5.74) is 11.1. The van der Waals surface area contributed by atoms with Crippen LogP contribution in [0.4, 0.5) is 0 Å². The number of nitrogens with one attached hydrogen (secondary N) is 1. The molecule has 0 amide bonds. The minimum atomic E-state index is -0.573. The molecule has 1 aliphatic rings. The summed E-state index contributed by atoms with van der Waals surface area (Å²) in [5.74, 6) is 0.561. The smallest absolute Gasteiger partial charge is 0.258 e. The standard InChI is InChI=1S/C25H26N4O2/c1-25(26)24-21(10-12-27-25)20-9-8-18(14-22(20)28(24)2)29-13-11-19(15-23(29)30)31-16-17-6-4-3-5-7-17/h3-9,11,13-15,27H,10,12,16,26H2,1-2H3. The lowest BCUT2D eigenvalue weighted by molar-refractivity contribution is 0.305. The molecule has 4 aromatic rings. The van der Waals surface area contributed by atoms with Crippen LogP contribution in [0.3, 0.4) is 0 Å². The Kier molecular flexibility index (Phi) is 4.68. The van der Waals surface area contributed by atoms with E-state index in [1.165, 1.54) is 17.0 Å². The van der Waals surface area contributed by atoms with Gasteiger partial charge >= 0.3 is 0 Å². The molecule has 0 saturated carbocycles. The van der Waals surface area contributed by atoms with Crippen molar-refractivity contribution in [3.63, 3.8) is 0 Å². The van der Waals surface area contributed by atoms with Crippen molar-refractivity contribution in [2.75, 3.05) is 6.54 Å². The van der Waals surface area contributed by atoms with E-state index in [2.05, 4.69) is 22.0 Å². The van der Waals surface area contributed by atoms with Gasteiger partial charge in [-0.05, 0) is 42.7 Å². The molecule has 31 heavy (non-hydrogen) atoms. The number of pyridine rings is 1. The van der Waals surface area contributed by atoms with E-state index in [0.29, 0.717) is 12.4 Å². The molecule has 0 radical (unpaired) electrons. The van der Waals surface area contributed by atoms with Crippen LogP contribution in [0.1, 0.15) is 23.7 Å². The number of nitrogens with zero attached hydrogens (tertiary/aromatic N) is 2. The van der Waals surface area contributed by atoms with Crippen molar-refractivity contribution in [1.29, 1.82) is 0 Å². The summed E-state index contributed by atoms with van der Waals surface area (Å²) in [5, 5.41) is 4.58. The molecule has 158 valence electrons. The molecule has 2 aromatic carbocycles. The molecule has 0 bridgehead atoms. The van der Waals surface area contributed by atoms with Gasteiger partial charge in [-0.15, -0.1) is 0 Å². The Morgan fingerprint density at radius 3 is 2.71 bits per heavy atom. The Balaban J connectivity index is 1.48. The summed E-state index contributed by atoms with van der Waals surface area (Å²) < 4.78 is 9.57. The first kappa shape index (κ1) is 19.6. The van der Waals surface area contributed by atoms with E-state index in [4.69, 9.17) is 10.5 Å². The van der Waals surface area contributed by atoms with E-state index in [9.17, 15) is 4.79 Å². The minimum absolute atomic E-state index is 0.130. The first-order chi connectivity index (χ1) is 14.9. The third-order valence-electron chi connectivity index (χ3n) is 6.07. The Bertz CT molecular complexity index is 1320. The molecule has 0 saturated heterocycles. The molecule has 1 unspecified atom stereocenters. The summed E-state index contributed by atoms with van der Waals surface area (Å²) in [7, 11) is 2.03. The quantitative estimate of drug-likeness (QED) is 0.538. The number of fused-ring (bicyclic) bond motifs is 3. The van der Waals surface area contributed by atoms with Crippen molar-refractivity contribution in [1.82, 2.24) is 14.5 Å². The summed E-state index contributed by atoms with van der Waals surface area (Å²) in [6.45, 7) is 3.28. The number of hydrogen-bond donors (Lipinski definition) is 2. The van der Waals surface area contributed by atoms with Gasteiger partial charge in [-0.3, -0.25) is 14.7 Å². The van der Waals surface area contributed by atoms with Gasteiger partial charge in [0, 0.05) is 31.2 Å². The van der Waals surface area contributed by atoms with Gasteiger partial charge in [0.25, 0.3) is 5.56 Å². The molecular formula is C25H26N4O2. The zero-order valence-corrected chi connectivity index (χ0v) is 17.8. The summed E-state index contributed by atoms with van der Waals surface area (Å²) in [6, 6.07) is 19.4. The number of aromatic nitrogens is 2. The SMILES string of the molecule is Cn1c2c(c3ccc(-n4ccc(OCc5ccccc5)cc4=O)cc31)CCNC2(C)N. The second kappa shape index (κ2) is 7.41.